The molecule has 3 N–H and O–H groups in total. The van der Waals surface area contributed by atoms with Crippen molar-refractivity contribution in [2.75, 3.05) is 10.6 Å². The Bertz CT molecular complexity index is 1040. The highest BCUT2D eigenvalue weighted by Gasteiger charge is 2.15. The standard InChI is InChI=1S/C20H23N7O2/c1-12(2)21-20(29)23-17-8-6-5-7-16(17)19(28)22-15-10-9-13(3)18(11-15)27-14(4)24-25-26-27/h5-12H,1-4H3,(H,22,28)(H2,21,23,29). The maximum Gasteiger partial charge on any atom is 0.319 e. The molecule has 0 spiro atoms. The van der Waals surface area contributed by atoms with E-state index in [0.29, 0.717) is 22.8 Å². The normalized spacial score (nSPS) is 10.7. The number of urea groups is 1. The first-order valence-corrected chi connectivity index (χ1v) is 9.19. The Labute approximate surface area is 168 Å². The minimum absolute atomic E-state index is 0.0169. The van der Waals surface area contributed by atoms with Crippen molar-refractivity contribution < 1.29 is 9.59 Å². The third kappa shape index (κ3) is 4.75. The largest absolute Gasteiger partial charge is 0.336 e. The van der Waals surface area contributed by atoms with Gasteiger partial charge in [-0.1, -0.05) is 18.2 Å². The average Bonchev–Trinajstić information content (AvgIpc) is 3.08. The third-order valence-corrected chi connectivity index (χ3v) is 4.16. The van der Waals surface area contributed by atoms with Gasteiger partial charge < -0.3 is 16.0 Å². The fraction of sp³-hybridized carbons (Fsp3) is 0.250. The topological polar surface area (TPSA) is 114 Å². The number of rotatable bonds is 5. The van der Waals surface area contributed by atoms with Crippen LogP contribution in [0.4, 0.5) is 16.2 Å². The number of nitrogens with zero attached hydrogens (tertiary/aromatic N) is 4. The van der Waals surface area contributed by atoms with Crippen LogP contribution in [-0.2, 0) is 0 Å². The Morgan fingerprint density at radius 3 is 2.48 bits per heavy atom. The van der Waals surface area contributed by atoms with E-state index in [4.69, 9.17) is 0 Å². The van der Waals surface area contributed by atoms with Gasteiger partial charge >= 0.3 is 6.03 Å². The van der Waals surface area contributed by atoms with Crippen molar-refractivity contribution in [1.29, 1.82) is 0 Å². The van der Waals surface area contributed by atoms with Gasteiger partial charge in [-0.15, -0.1) is 5.10 Å². The summed E-state index contributed by atoms with van der Waals surface area (Å²) in [5.41, 5.74) is 3.10. The highest BCUT2D eigenvalue weighted by molar-refractivity contribution is 6.10. The fourth-order valence-corrected chi connectivity index (χ4v) is 2.78. The molecule has 0 aliphatic heterocycles. The van der Waals surface area contributed by atoms with Crippen LogP contribution >= 0.6 is 0 Å². The molecule has 29 heavy (non-hydrogen) atoms. The second-order valence-electron chi connectivity index (χ2n) is 6.89. The van der Waals surface area contributed by atoms with Crippen molar-refractivity contribution in [2.24, 2.45) is 0 Å². The molecule has 9 heteroatoms. The van der Waals surface area contributed by atoms with Gasteiger partial charge in [-0.05, 0) is 68.0 Å². The highest BCUT2D eigenvalue weighted by atomic mass is 16.2. The zero-order valence-corrected chi connectivity index (χ0v) is 16.7. The van der Waals surface area contributed by atoms with Crippen LogP contribution in [0.3, 0.4) is 0 Å². The molecule has 1 heterocycles. The lowest BCUT2D eigenvalue weighted by atomic mass is 10.1. The number of carbonyl (C=O) groups excluding carboxylic acids is 2. The number of hydrogen-bond acceptors (Lipinski definition) is 5. The number of carbonyl (C=O) groups is 2. The van der Waals surface area contributed by atoms with Crippen LogP contribution in [0.25, 0.3) is 5.69 Å². The molecule has 3 aromatic rings. The molecule has 0 atom stereocenters. The molecule has 0 unspecified atom stereocenters. The molecule has 9 nitrogen and oxygen atoms in total. The smallest absolute Gasteiger partial charge is 0.319 e. The highest BCUT2D eigenvalue weighted by Crippen LogP contribution is 2.22. The quantitative estimate of drug-likeness (QED) is 0.616. The molecule has 2 aromatic carbocycles. The summed E-state index contributed by atoms with van der Waals surface area (Å²) in [6, 6.07) is 11.9. The van der Waals surface area contributed by atoms with Gasteiger partial charge in [-0.25, -0.2) is 4.79 Å². The summed E-state index contributed by atoms with van der Waals surface area (Å²) in [6.07, 6.45) is 0. The lowest BCUT2D eigenvalue weighted by Gasteiger charge is -2.14. The number of aryl methyl sites for hydroxylation is 2. The number of tetrazole rings is 1. The van der Waals surface area contributed by atoms with Gasteiger partial charge in [0.05, 0.1) is 16.9 Å². The van der Waals surface area contributed by atoms with E-state index in [9.17, 15) is 9.59 Å². The molecule has 150 valence electrons. The van der Waals surface area contributed by atoms with Crippen LogP contribution < -0.4 is 16.0 Å². The van der Waals surface area contributed by atoms with Gasteiger partial charge in [-0.2, -0.15) is 4.68 Å². The average molecular weight is 393 g/mol. The Balaban J connectivity index is 1.83. The number of anilines is 2. The first-order chi connectivity index (χ1) is 13.8. The minimum atomic E-state index is -0.368. The number of aromatic nitrogens is 4. The first-order valence-electron chi connectivity index (χ1n) is 9.19. The summed E-state index contributed by atoms with van der Waals surface area (Å²) in [6.45, 7) is 7.46. The molecule has 0 bridgehead atoms. The number of para-hydroxylation sites is 1. The Morgan fingerprint density at radius 1 is 1.03 bits per heavy atom. The van der Waals surface area contributed by atoms with Crippen LogP contribution in [0, 0.1) is 13.8 Å². The summed E-state index contributed by atoms with van der Waals surface area (Å²) in [5.74, 6) is 0.302. The maximum absolute atomic E-state index is 12.9. The Hall–Kier alpha value is -3.75. The molecule has 0 saturated carbocycles. The zero-order valence-electron chi connectivity index (χ0n) is 16.7. The Morgan fingerprint density at radius 2 is 1.79 bits per heavy atom. The van der Waals surface area contributed by atoms with Crippen molar-refractivity contribution in [3.05, 3.63) is 59.4 Å². The van der Waals surface area contributed by atoms with Crippen LogP contribution in [0.15, 0.2) is 42.5 Å². The summed E-state index contributed by atoms with van der Waals surface area (Å²) < 4.78 is 1.61. The molecular weight excluding hydrogens is 370 g/mol. The van der Waals surface area contributed by atoms with E-state index in [-0.39, 0.29) is 18.0 Å². The van der Waals surface area contributed by atoms with Gasteiger partial charge in [0.1, 0.15) is 0 Å². The summed E-state index contributed by atoms with van der Waals surface area (Å²) in [7, 11) is 0. The zero-order chi connectivity index (χ0) is 21.0. The fourth-order valence-electron chi connectivity index (χ4n) is 2.78. The van der Waals surface area contributed by atoms with E-state index >= 15 is 0 Å². The number of nitrogens with one attached hydrogen (secondary N) is 3. The van der Waals surface area contributed by atoms with Crippen LogP contribution in [0.1, 0.15) is 35.6 Å². The molecule has 0 saturated heterocycles. The predicted octanol–water partition coefficient (Wildman–Crippen LogP) is 3.06. The van der Waals surface area contributed by atoms with Crippen molar-refractivity contribution in [1.82, 2.24) is 25.5 Å². The molecule has 0 aliphatic rings. The predicted molar refractivity (Wildman–Crippen MR) is 110 cm³/mol. The lowest BCUT2D eigenvalue weighted by molar-refractivity contribution is 0.102. The summed E-state index contributed by atoms with van der Waals surface area (Å²) in [4.78, 5) is 24.9. The number of hydrogen-bond donors (Lipinski definition) is 3. The van der Waals surface area contributed by atoms with E-state index in [1.165, 1.54) is 0 Å². The van der Waals surface area contributed by atoms with E-state index < -0.39 is 0 Å². The number of benzene rings is 2. The van der Waals surface area contributed by atoms with E-state index in [1.54, 1.807) is 48.0 Å². The van der Waals surface area contributed by atoms with Crippen molar-refractivity contribution in [2.45, 2.75) is 33.7 Å². The number of amides is 3. The second kappa shape index (κ2) is 8.51. The van der Waals surface area contributed by atoms with Crippen LogP contribution in [0.2, 0.25) is 0 Å². The molecule has 0 aliphatic carbocycles. The van der Waals surface area contributed by atoms with Crippen molar-refractivity contribution in [3.63, 3.8) is 0 Å². The molecule has 3 amide bonds. The van der Waals surface area contributed by atoms with Crippen molar-refractivity contribution >= 4 is 23.3 Å². The summed E-state index contributed by atoms with van der Waals surface area (Å²) in [5, 5.41) is 19.9. The monoisotopic (exact) mass is 393 g/mol. The SMILES string of the molecule is Cc1ccc(NC(=O)c2ccccc2NC(=O)NC(C)C)cc1-n1nnnc1C. The van der Waals surface area contributed by atoms with Gasteiger partial charge in [0.15, 0.2) is 5.82 Å². The van der Waals surface area contributed by atoms with Crippen molar-refractivity contribution in [3.8, 4) is 5.69 Å². The van der Waals surface area contributed by atoms with E-state index in [2.05, 4.69) is 31.5 Å². The van der Waals surface area contributed by atoms with E-state index in [0.717, 1.165) is 11.3 Å². The van der Waals surface area contributed by atoms with Crippen LogP contribution in [-0.4, -0.2) is 38.2 Å². The van der Waals surface area contributed by atoms with Crippen LogP contribution in [0.5, 0.6) is 0 Å². The maximum atomic E-state index is 12.9. The van der Waals surface area contributed by atoms with Gasteiger partial charge in [0.25, 0.3) is 5.91 Å². The first kappa shape index (κ1) is 20.0. The van der Waals surface area contributed by atoms with Gasteiger partial charge in [0, 0.05) is 11.7 Å². The Kier molecular flexibility index (Phi) is 5.87. The van der Waals surface area contributed by atoms with Gasteiger partial charge in [-0.3, -0.25) is 4.79 Å². The molecular formula is C20H23N7O2. The minimum Gasteiger partial charge on any atom is -0.336 e. The lowest BCUT2D eigenvalue weighted by Crippen LogP contribution is -2.34. The molecule has 0 radical (unpaired) electrons. The molecule has 1 aromatic heterocycles. The summed E-state index contributed by atoms with van der Waals surface area (Å²) >= 11 is 0. The van der Waals surface area contributed by atoms with E-state index in [1.807, 2.05) is 26.8 Å². The molecule has 3 rings (SSSR count). The second-order valence-corrected chi connectivity index (χ2v) is 6.89. The van der Waals surface area contributed by atoms with Gasteiger partial charge in [0.2, 0.25) is 0 Å². The molecule has 0 fully saturated rings. The third-order valence-electron chi connectivity index (χ3n) is 4.16.